The molecule has 0 aliphatic carbocycles. The van der Waals surface area contributed by atoms with Gasteiger partial charge < -0.3 is 15.5 Å². The van der Waals surface area contributed by atoms with Gasteiger partial charge in [-0.25, -0.2) is 9.97 Å². The van der Waals surface area contributed by atoms with Gasteiger partial charge in [0.2, 0.25) is 0 Å². The molecule has 0 radical (unpaired) electrons. The lowest BCUT2D eigenvalue weighted by molar-refractivity contribution is -0.135. The van der Waals surface area contributed by atoms with Crippen LogP contribution in [-0.4, -0.2) is 38.6 Å². The second-order valence-corrected chi connectivity index (χ2v) is 8.70. The van der Waals surface area contributed by atoms with E-state index in [9.17, 15) is 14.7 Å². The molecule has 0 bridgehead atoms. The van der Waals surface area contributed by atoms with Gasteiger partial charge in [0.05, 0.1) is 5.69 Å². The molecule has 0 fully saturated rings. The highest BCUT2D eigenvalue weighted by Crippen LogP contribution is 2.27. The van der Waals surface area contributed by atoms with Crippen LogP contribution >= 0.6 is 0 Å². The Morgan fingerprint density at radius 2 is 1.50 bits per heavy atom. The van der Waals surface area contributed by atoms with E-state index in [0.717, 1.165) is 16.7 Å². The molecule has 0 atom stereocenters. The van der Waals surface area contributed by atoms with E-state index in [1.54, 1.807) is 6.92 Å². The third kappa shape index (κ3) is 5.49. The predicted molar refractivity (Wildman–Crippen MR) is 122 cm³/mol. The van der Waals surface area contributed by atoms with Gasteiger partial charge in [0.25, 0.3) is 5.91 Å². The minimum absolute atomic E-state index is 0.105. The maximum absolute atomic E-state index is 12.2. The highest BCUT2D eigenvalue weighted by atomic mass is 16.4. The van der Waals surface area contributed by atoms with Gasteiger partial charge in [-0.2, -0.15) is 0 Å². The summed E-state index contributed by atoms with van der Waals surface area (Å²) < 4.78 is 0. The van der Waals surface area contributed by atoms with Crippen molar-refractivity contribution in [2.45, 2.75) is 39.5 Å². The number of hydrogen-bond acceptors (Lipinski definition) is 5. The molecule has 166 valence electrons. The maximum Gasteiger partial charge on any atom is 0.322 e. The van der Waals surface area contributed by atoms with Crippen LogP contribution in [0.3, 0.4) is 0 Å². The zero-order chi connectivity index (χ0) is 23.5. The van der Waals surface area contributed by atoms with E-state index >= 15 is 0 Å². The van der Waals surface area contributed by atoms with Crippen molar-refractivity contribution in [3.05, 3.63) is 76.9 Å². The van der Waals surface area contributed by atoms with E-state index in [4.69, 9.17) is 5.11 Å². The van der Waals surface area contributed by atoms with Crippen molar-refractivity contribution < 1.29 is 19.8 Å². The summed E-state index contributed by atoms with van der Waals surface area (Å²) in [4.78, 5) is 31.3. The number of carbonyl (C=O) groups excluding carboxylic acids is 1. The molecule has 7 nitrogen and oxygen atoms in total. The number of benzene rings is 2. The number of nitrogens with zero attached hydrogens (tertiary/aromatic N) is 2. The topological polar surface area (TPSA) is 112 Å². The molecule has 1 aromatic heterocycles. The van der Waals surface area contributed by atoms with Crippen LogP contribution in [0.5, 0.6) is 5.75 Å². The van der Waals surface area contributed by atoms with Gasteiger partial charge in [-0.05, 0) is 34.6 Å². The average molecular weight is 434 g/mol. The molecule has 3 aromatic rings. The number of rotatable bonds is 6. The first kappa shape index (κ1) is 22.9. The average Bonchev–Trinajstić information content (AvgIpc) is 2.74. The second-order valence-electron chi connectivity index (χ2n) is 8.70. The first-order valence-corrected chi connectivity index (χ1v) is 10.3. The fourth-order valence-corrected chi connectivity index (χ4v) is 3.26. The number of aryl methyl sites for hydroxylation is 1. The SMILES string of the molecule is Cc1nc(Cc2ccc(-c3ccc(C(C)(C)C)cc3)cc2)nc(C(=O)NCC(=O)O)c1O. The van der Waals surface area contributed by atoms with Gasteiger partial charge in [-0.15, -0.1) is 0 Å². The molecule has 0 spiro atoms. The summed E-state index contributed by atoms with van der Waals surface area (Å²) in [5.74, 6) is -1.93. The van der Waals surface area contributed by atoms with Crippen LogP contribution in [0, 0.1) is 6.92 Å². The monoisotopic (exact) mass is 433 g/mol. The number of aliphatic carboxylic acids is 1. The Hall–Kier alpha value is -3.74. The highest BCUT2D eigenvalue weighted by Gasteiger charge is 2.18. The van der Waals surface area contributed by atoms with Crippen molar-refractivity contribution in [1.82, 2.24) is 15.3 Å². The molecule has 0 unspecified atom stereocenters. The smallest absolute Gasteiger partial charge is 0.322 e. The Balaban J connectivity index is 1.78. The number of aromatic nitrogens is 2. The van der Waals surface area contributed by atoms with Crippen LogP contribution in [0.25, 0.3) is 11.1 Å². The molecule has 1 heterocycles. The lowest BCUT2D eigenvalue weighted by atomic mass is 9.86. The number of aromatic hydroxyl groups is 1. The van der Waals surface area contributed by atoms with Gasteiger partial charge in [0.1, 0.15) is 12.4 Å². The Bertz CT molecular complexity index is 1130. The molecule has 7 heteroatoms. The van der Waals surface area contributed by atoms with Crippen molar-refractivity contribution >= 4 is 11.9 Å². The van der Waals surface area contributed by atoms with Crippen molar-refractivity contribution in [3.63, 3.8) is 0 Å². The number of carbonyl (C=O) groups is 2. The van der Waals surface area contributed by atoms with Crippen LogP contribution in [0.15, 0.2) is 48.5 Å². The van der Waals surface area contributed by atoms with E-state index in [1.807, 2.05) is 24.3 Å². The predicted octanol–water partition coefficient (Wildman–Crippen LogP) is 3.86. The number of hydrogen-bond donors (Lipinski definition) is 3. The summed E-state index contributed by atoms with van der Waals surface area (Å²) in [6, 6.07) is 16.5. The summed E-state index contributed by atoms with van der Waals surface area (Å²) >= 11 is 0. The fourth-order valence-electron chi connectivity index (χ4n) is 3.26. The van der Waals surface area contributed by atoms with Gasteiger partial charge in [0.15, 0.2) is 11.4 Å². The summed E-state index contributed by atoms with van der Waals surface area (Å²) in [6.45, 7) is 7.56. The molecular formula is C25H27N3O4. The van der Waals surface area contributed by atoms with Crippen LogP contribution in [-0.2, 0) is 16.6 Å². The zero-order valence-corrected chi connectivity index (χ0v) is 18.6. The van der Waals surface area contributed by atoms with Gasteiger partial charge in [-0.1, -0.05) is 69.3 Å². The Labute approximate surface area is 187 Å². The molecule has 3 N–H and O–H groups in total. The Kier molecular flexibility index (Phi) is 6.58. The van der Waals surface area contributed by atoms with Crippen LogP contribution < -0.4 is 5.32 Å². The van der Waals surface area contributed by atoms with E-state index in [-0.39, 0.29) is 22.6 Å². The fraction of sp³-hybridized carbons (Fsp3) is 0.280. The minimum atomic E-state index is -1.18. The number of nitrogens with one attached hydrogen (secondary N) is 1. The summed E-state index contributed by atoms with van der Waals surface area (Å²) in [6.07, 6.45) is 0.365. The first-order valence-electron chi connectivity index (χ1n) is 10.3. The Morgan fingerprint density at radius 1 is 0.938 bits per heavy atom. The Morgan fingerprint density at radius 3 is 2.03 bits per heavy atom. The van der Waals surface area contributed by atoms with Gasteiger partial charge >= 0.3 is 5.97 Å². The highest BCUT2D eigenvalue weighted by molar-refractivity contribution is 5.96. The molecule has 1 amide bonds. The number of amides is 1. The molecular weight excluding hydrogens is 406 g/mol. The number of carboxylic acids is 1. The molecule has 0 aliphatic rings. The lowest BCUT2D eigenvalue weighted by Gasteiger charge is -2.19. The summed E-state index contributed by atoms with van der Waals surface area (Å²) in [7, 11) is 0. The third-order valence-electron chi connectivity index (χ3n) is 5.12. The molecule has 0 saturated carbocycles. The van der Waals surface area contributed by atoms with Crippen molar-refractivity contribution in [3.8, 4) is 16.9 Å². The second kappa shape index (κ2) is 9.18. The molecule has 3 rings (SSSR count). The van der Waals surface area contributed by atoms with E-state index in [2.05, 4.69) is 60.3 Å². The minimum Gasteiger partial charge on any atom is -0.504 e. The lowest BCUT2D eigenvalue weighted by Crippen LogP contribution is -2.30. The molecule has 0 saturated heterocycles. The quantitative estimate of drug-likeness (QED) is 0.544. The summed E-state index contributed by atoms with van der Waals surface area (Å²) in [5.41, 5.74) is 4.57. The van der Waals surface area contributed by atoms with Crippen molar-refractivity contribution in [2.24, 2.45) is 0 Å². The van der Waals surface area contributed by atoms with Gasteiger partial charge in [-0.3, -0.25) is 9.59 Å². The van der Waals surface area contributed by atoms with E-state index in [0.29, 0.717) is 12.2 Å². The number of carboxylic acid groups (broad SMARTS) is 1. The summed E-state index contributed by atoms with van der Waals surface area (Å²) in [5, 5.41) is 21.1. The van der Waals surface area contributed by atoms with E-state index < -0.39 is 18.4 Å². The standard InChI is InChI=1S/C25H27N3O4/c1-15-23(31)22(24(32)26-14-21(29)30)28-20(27-15)13-16-5-7-17(8-6-16)18-9-11-19(12-10-18)25(2,3)4/h5-12,31H,13-14H2,1-4H3,(H,26,32)(H,29,30). The van der Waals surface area contributed by atoms with Crippen molar-refractivity contribution in [2.75, 3.05) is 6.54 Å². The van der Waals surface area contributed by atoms with Crippen LogP contribution in [0.4, 0.5) is 0 Å². The normalized spacial score (nSPS) is 11.2. The molecule has 32 heavy (non-hydrogen) atoms. The first-order chi connectivity index (χ1) is 15.0. The zero-order valence-electron chi connectivity index (χ0n) is 18.6. The van der Waals surface area contributed by atoms with E-state index in [1.165, 1.54) is 5.56 Å². The van der Waals surface area contributed by atoms with Crippen LogP contribution in [0.2, 0.25) is 0 Å². The largest absolute Gasteiger partial charge is 0.504 e. The van der Waals surface area contributed by atoms with Crippen LogP contribution in [0.1, 0.15) is 53.9 Å². The molecule has 0 aliphatic heterocycles. The van der Waals surface area contributed by atoms with Gasteiger partial charge in [0, 0.05) is 6.42 Å². The molecule has 2 aromatic carbocycles. The third-order valence-corrected chi connectivity index (χ3v) is 5.12. The maximum atomic E-state index is 12.2. The van der Waals surface area contributed by atoms with Crippen molar-refractivity contribution in [1.29, 1.82) is 0 Å².